The number of hydrogen-bond donors (Lipinski definition) is 0. The van der Waals surface area contributed by atoms with Crippen molar-refractivity contribution in [3.63, 3.8) is 0 Å². The zero-order valence-electron chi connectivity index (χ0n) is 19.7. The lowest BCUT2D eigenvalue weighted by Gasteiger charge is -2.11. The first-order valence-electron chi connectivity index (χ1n) is 12.3. The van der Waals surface area contributed by atoms with Crippen LogP contribution in [-0.4, -0.2) is 4.57 Å². The summed E-state index contributed by atoms with van der Waals surface area (Å²) >= 11 is 0. The molecule has 3 nitrogen and oxygen atoms in total. The molecule has 0 fully saturated rings. The SMILES string of the molecule is CC1c2ccccc2-c2cc3c(cc21)c1ccccc1n3-c1ccc2c(c1)c(=O)oc1ccccc12. The minimum absolute atomic E-state index is 0.310. The molecule has 1 atom stereocenters. The van der Waals surface area contributed by atoms with Crippen molar-refractivity contribution in [3.05, 3.63) is 125 Å². The first-order chi connectivity index (χ1) is 17.7. The van der Waals surface area contributed by atoms with E-state index in [4.69, 9.17) is 4.42 Å². The molecule has 5 aromatic carbocycles. The number of fused-ring (bicyclic) bond motifs is 9. The van der Waals surface area contributed by atoms with Gasteiger partial charge in [0, 0.05) is 33.2 Å². The molecule has 0 spiro atoms. The molecule has 1 aliphatic carbocycles. The molecule has 7 aromatic rings. The first kappa shape index (κ1) is 19.7. The van der Waals surface area contributed by atoms with E-state index >= 15 is 0 Å². The smallest absolute Gasteiger partial charge is 0.344 e. The Morgan fingerprint density at radius 3 is 2.31 bits per heavy atom. The second-order valence-corrected chi connectivity index (χ2v) is 9.73. The van der Waals surface area contributed by atoms with Gasteiger partial charge in [0.25, 0.3) is 0 Å². The Hall–Kier alpha value is -4.63. The average Bonchev–Trinajstić information content (AvgIpc) is 3.39. The third-order valence-electron chi connectivity index (χ3n) is 7.89. The van der Waals surface area contributed by atoms with Crippen molar-refractivity contribution in [2.75, 3.05) is 0 Å². The third kappa shape index (κ3) is 2.49. The molecule has 8 rings (SSSR count). The lowest BCUT2D eigenvalue weighted by Crippen LogP contribution is -2.02. The van der Waals surface area contributed by atoms with E-state index in [0.717, 1.165) is 27.5 Å². The minimum atomic E-state index is -0.310. The predicted molar refractivity (Wildman–Crippen MR) is 147 cm³/mol. The lowest BCUT2D eigenvalue weighted by molar-refractivity contribution is 0.569. The minimum Gasteiger partial charge on any atom is -0.422 e. The standard InChI is InChI=1S/C33H21NO2/c1-19-21-8-2-3-9-22(21)27-18-31-28(17-26(19)27)24-10-4-6-12-30(24)34(31)20-14-15-23-25-11-5-7-13-32(25)36-33(35)29(23)16-20/h2-19H,1H3. The van der Waals surface area contributed by atoms with Crippen molar-refractivity contribution in [2.45, 2.75) is 12.8 Å². The van der Waals surface area contributed by atoms with Gasteiger partial charge >= 0.3 is 5.63 Å². The second kappa shape index (κ2) is 6.96. The highest BCUT2D eigenvalue weighted by atomic mass is 16.4. The fourth-order valence-electron chi connectivity index (χ4n) is 6.20. The summed E-state index contributed by atoms with van der Waals surface area (Å²) < 4.78 is 7.95. The Morgan fingerprint density at radius 1 is 0.611 bits per heavy atom. The topological polar surface area (TPSA) is 35.1 Å². The maximum absolute atomic E-state index is 13.0. The number of para-hydroxylation sites is 2. The van der Waals surface area contributed by atoms with E-state index in [2.05, 4.69) is 84.3 Å². The summed E-state index contributed by atoms with van der Waals surface area (Å²) in [6.07, 6.45) is 0. The predicted octanol–water partition coefficient (Wildman–Crippen LogP) is 8.18. The zero-order valence-corrected chi connectivity index (χ0v) is 19.7. The Labute approximate surface area is 206 Å². The van der Waals surface area contributed by atoms with Crippen molar-refractivity contribution in [2.24, 2.45) is 0 Å². The van der Waals surface area contributed by atoms with Gasteiger partial charge in [0.15, 0.2) is 0 Å². The largest absolute Gasteiger partial charge is 0.422 e. The van der Waals surface area contributed by atoms with Crippen LogP contribution >= 0.6 is 0 Å². The summed E-state index contributed by atoms with van der Waals surface area (Å²) in [7, 11) is 0. The van der Waals surface area contributed by atoms with E-state index in [1.165, 1.54) is 33.0 Å². The average molecular weight is 464 g/mol. The lowest BCUT2D eigenvalue weighted by atomic mass is 9.98. The van der Waals surface area contributed by atoms with Crippen molar-refractivity contribution >= 4 is 43.5 Å². The molecule has 3 heteroatoms. The van der Waals surface area contributed by atoms with Gasteiger partial charge in [-0.25, -0.2) is 4.79 Å². The molecule has 1 unspecified atom stereocenters. The van der Waals surface area contributed by atoms with Crippen LogP contribution < -0.4 is 5.63 Å². The highest BCUT2D eigenvalue weighted by molar-refractivity contribution is 6.12. The van der Waals surface area contributed by atoms with Gasteiger partial charge < -0.3 is 8.98 Å². The molecule has 0 saturated heterocycles. The maximum atomic E-state index is 13.0. The summed E-state index contributed by atoms with van der Waals surface area (Å²) in [5.74, 6) is 0.362. The highest BCUT2D eigenvalue weighted by Gasteiger charge is 2.27. The normalized spacial score (nSPS) is 14.6. The molecule has 0 bridgehead atoms. The summed E-state index contributed by atoms with van der Waals surface area (Å²) in [4.78, 5) is 13.0. The van der Waals surface area contributed by atoms with Gasteiger partial charge in [-0.05, 0) is 58.7 Å². The molecule has 2 heterocycles. The number of hydrogen-bond acceptors (Lipinski definition) is 2. The van der Waals surface area contributed by atoms with Crippen LogP contribution in [0.3, 0.4) is 0 Å². The molecule has 0 saturated carbocycles. The third-order valence-corrected chi connectivity index (χ3v) is 7.89. The number of rotatable bonds is 1. The van der Waals surface area contributed by atoms with E-state index in [1.807, 2.05) is 30.3 Å². The van der Waals surface area contributed by atoms with E-state index in [0.29, 0.717) is 16.9 Å². The summed E-state index contributed by atoms with van der Waals surface area (Å²) in [5.41, 5.74) is 8.88. The van der Waals surface area contributed by atoms with Gasteiger partial charge in [-0.15, -0.1) is 0 Å². The van der Waals surface area contributed by atoms with Crippen LogP contribution in [0.4, 0.5) is 0 Å². The van der Waals surface area contributed by atoms with Gasteiger partial charge in [0.1, 0.15) is 5.58 Å². The summed E-state index contributed by atoms with van der Waals surface area (Å²) in [6, 6.07) is 35.8. The van der Waals surface area contributed by atoms with Gasteiger partial charge in [0.2, 0.25) is 0 Å². The van der Waals surface area contributed by atoms with Gasteiger partial charge in [-0.2, -0.15) is 0 Å². The Kier molecular flexibility index (Phi) is 3.80. The van der Waals surface area contributed by atoms with E-state index in [-0.39, 0.29) is 5.63 Å². The van der Waals surface area contributed by atoms with E-state index in [9.17, 15) is 4.79 Å². The van der Waals surface area contributed by atoms with Crippen molar-refractivity contribution < 1.29 is 4.42 Å². The highest BCUT2D eigenvalue weighted by Crippen LogP contribution is 2.47. The number of aromatic nitrogens is 1. The molecular formula is C33H21NO2. The van der Waals surface area contributed by atoms with Crippen LogP contribution in [0.15, 0.2) is 112 Å². The fourth-order valence-corrected chi connectivity index (χ4v) is 6.20. The fraction of sp³-hybridized carbons (Fsp3) is 0.0606. The monoisotopic (exact) mass is 463 g/mol. The van der Waals surface area contributed by atoms with Gasteiger partial charge in [-0.3, -0.25) is 0 Å². The van der Waals surface area contributed by atoms with Gasteiger partial charge in [0.05, 0.1) is 16.4 Å². The van der Waals surface area contributed by atoms with Crippen LogP contribution in [0.5, 0.6) is 0 Å². The Morgan fingerprint density at radius 2 is 1.39 bits per heavy atom. The molecular weight excluding hydrogens is 442 g/mol. The molecule has 0 amide bonds. The number of benzene rings is 5. The molecule has 170 valence electrons. The van der Waals surface area contributed by atoms with Crippen molar-refractivity contribution in [1.29, 1.82) is 0 Å². The van der Waals surface area contributed by atoms with Crippen LogP contribution in [0.25, 0.3) is 60.4 Å². The van der Waals surface area contributed by atoms with Crippen molar-refractivity contribution in [1.82, 2.24) is 4.57 Å². The maximum Gasteiger partial charge on any atom is 0.344 e. The molecule has 36 heavy (non-hydrogen) atoms. The Balaban J connectivity index is 1.48. The summed E-state index contributed by atoms with van der Waals surface area (Å²) in [6.45, 7) is 2.29. The number of nitrogens with zero attached hydrogens (tertiary/aromatic N) is 1. The zero-order chi connectivity index (χ0) is 24.0. The molecule has 0 N–H and O–H groups in total. The Bertz CT molecular complexity index is 2090. The van der Waals surface area contributed by atoms with Crippen molar-refractivity contribution in [3.8, 4) is 16.8 Å². The molecule has 0 aliphatic heterocycles. The van der Waals surface area contributed by atoms with E-state index < -0.39 is 0 Å². The van der Waals surface area contributed by atoms with Crippen LogP contribution in [0, 0.1) is 0 Å². The van der Waals surface area contributed by atoms with Gasteiger partial charge in [-0.1, -0.05) is 73.7 Å². The van der Waals surface area contributed by atoms with Crippen LogP contribution in [0.2, 0.25) is 0 Å². The molecule has 0 radical (unpaired) electrons. The quantitative estimate of drug-likeness (QED) is 0.182. The summed E-state index contributed by atoms with van der Waals surface area (Å²) in [5, 5.41) is 4.90. The van der Waals surface area contributed by atoms with Crippen LogP contribution in [-0.2, 0) is 0 Å². The van der Waals surface area contributed by atoms with E-state index in [1.54, 1.807) is 0 Å². The molecule has 2 aromatic heterocycles. The second-order valence-electron chi connectivity index (χ2n) is 9.73. The molecule has 1 aliphatic rings. The first-order valence-corrected chi connectivity index (χ1v) is 12.3. The van der Waals surface area contributed by atoms with Crippen LogP contribution in [0.1, 0.15) is 24.0 Å².